The number of benzene rings is 1. The van der Waals surface area contributed by atoms with E-state index in [-0.39, 0.29) is 5.91 Å². The summed E-state index contributed by atoms with van der Waals surface area (Å²) in [5, 5.41) is 9.07. The number of aliphatic imine (C=N–C) groups is 1. The molecule has 1 aromatic carbocycles. The van der Waals surface area contributed by atoms with Crippen molar-refractivity contribution in [3.05, 3.63) is 18.2 Å². The van der Waals surface area contributed by atoms with E-state index in [4.69, 9.17) is 9.47 Å². The van der Waals surface area contributed by atoms with Gasteiger partial charge in [0.15, 0.2) is 17.5 Å². The Labute approximate surface area is 150 Å². The van der Waals surface area contributed by atoms with Crippen LogP contribution in [-0.2, 0) is 4.79 Å². The number of hydrogen-bond acceptors (Lipinski definition) is 4. The summed E-state index contributed by atoms with van der Waals surface area (Å²) in [5.41, 5.74) is 0.231. The Bertz CT molecular complexity index is 600. The molecule has 0 bridgehead atoms. The third-order valence-electron chi connectivity index (χ3n) is 3.54. The number of guanidine groups is 1. The number of nitrogens with one attached hydrogen (secondary N) is 3. The second-order valence-corrected chi connectivity index (χ2v) is 6.08. The number of ether oxygens (including phenoxy) is 2. The molecule has 0 saturated heterocycles. The minimum atomic E-state index is -0.590. The molecule has 0 fully saturated rings. The van der Waals surface area contributed by atoms with E-state index >= 15 is 0 Å². The van der Waals surface area contributed by atoms with Crippen LogP contribution >= 0.6 is 0 Å². The van der Waals surface area contributed by atoms with E-state index in [0.29, 0.717) is 37.2 Å². The van der Waals surface area contributed by atoms with Crippen molar-refractivity contribution in [2.45, 2.75) is 27.7 Å². The quantitative estimate of drug-likeness (QED) is 0.495. The maximum Gasteiger partial charge on any atom is 0.227 e. The lowest BCUT2D eigenvalue weighted by Gasteiger charge is -2.21. The Morgan fingerprint density at radius 1 is 1.24 bits per heavy atom. The molecule has 0 aliphatic carbocycles. The lowest BCUT2D eigenvalue weighted by atomic mass is 9.93. The van der Waals surface area contributed by atoms with Gasteiger partial charge in [-0.15, -0.1) is 0 Å². The highest BCUT2D eigenvalue weighted by atomic mass is 16.5. The van der Waals surface area contributed by atoms with Gasteiger partial charge in [-0.25, -0.2) is 0 Å². The molecule has 0 aliphatic rings. The summed E-state index contributed by atoms with van der Waals surface area (Å²) in [5.74, 6) is 1.90. The predicted molar refractivity (Wildman–Crippen MR) is 102 cm³/mol. The predicted octanol–water partition coefficient (Wildman–Crippen LogP) is 2.24. The molecule has 0 heterocycles. The molecule has 0 radical (unpaired) electrons. The highest BCUT2D eigenvalue weighted by molar-refractivity contribution is 5.94. The number of carbonyl (C=O) groups excluding carboxylic acids is 1. The lowest BCUT2D eigenvalue weighted by Crippen LogP contribution is -2.38. The maximum atomic E-state index is 11.9. The molecule has 0 saturated carbocycles. The first kappa shape index (κ1) is 20.6. The van der Waals surface area contributed by atoms with Gasteiger partial charge in [0.25, 0.3) is 0 Å². The number of anilines is 1. The van der Waals surface area contributed by atoms with Gasteiger partial charge in [-0.3, -0.25) is 9.79 Å². The van der Waals surface area contributed by atoms with Crippen molar-refractivity contribution in [1.29, 1.82) is 0 Å². The standard InChI is InChI=1S/C18H30N4O3/c1-7-20-17(21-12-18(3,4)16(23)19-5)22-13-9-10-14(24-6)15(11-13)25-8-2/h9-11H,7-8,12H2,1-6H3,(H,19,23)(H2,20,21,22). The Morgan fingerprint density at radius 3 is 2.52 bits per heavy atom. The van der Waals surface area contributed by atoms with Crippen LogP contribution in [0.5, 0.6) is 11.5 Å². The second kappa shape index (κ2) is 9.76. The molecular formula is C18H30N4O3. The third kappa shape index (κ3) is 6.17. The summed E-state index contributed by atoms with van der Waals surface area (Å²) in [6.45, 7) is 9.25. The molecule has 0 spiro atoms. The molecule has 3 N–H and O–H groups in total. The first-order valence-electron chi connectivity index (χ1n) is 8.46. The van der Waals surface area contributed by atoms with Crippen LogP contribution < -0.4 is 25.4 Å². The molecule has 7 heteroatoms. The van der Waals surface area contributed by atoms with Crippen LogP contribution in [0.1, 0.15) is 27.7 Å². The summed E-state index contributed by atoms with van der Waals surface area (Å²) in [6, 6.07) is 5.59. The monoisotopic (exact) mass is 350 g/mol. The van der Waals surface area contributed by atoms with Crippen LogP contribution in [-0.4, -0.2) is 45.7 Å². The van der Waals surface area contributed by atoms with Crippen LogP contribution in [0.2, 0.25) is 0 Å². The zero-order valence-electron chi connectivity index (χ0n) is 16.0. The molecule has 7 nitrogen and oxygen atoms in total. The summed E-state index contributed by atoms with van der Waals surface area (Å²) >= 11 is 0. The first-order chi connectivity index (χ1) is 11.9. The molecule has 0 aliphatic heterocycles. The average molecular weight is 350 g/mol. The van der Waals surface area contributed by atoms with Gasteiger partial charge in [0.05, 0.1) is 25.7 Å². The molecular weight excluding hydrogens is 320 g/mol. The van der Waals surface area contributed by atoms with Crippen molar-refractivity contribution in [2.75, 3.05) is 39.2 Å². The van der Waals surface area contributed by atoms with Crippen molar-refractivity contribution in [1.82, 2.24) is 10.6 Å². The molecule has 1 amide bonds. The van der Waals surface area contributed by atoms with Crippen LogP contribution in [0.25, 0.3) is 0 Å². The van der Waals surface area contributed by atoms with E-state index < -0.39 is 5.41 Å². The highest BCUT2D eigenvalue weighted by Crippen LogP contribution is 2.30. The summed E-state index contributed by atoms with van der Waals surface area (Å²) < 4.78 is 10.9. The van der Waals surface area contributed by atoms with Gasteiger partial charge in [-0.2, -0.15) is 0 Å². The van der Waals surface area contributed by atoms with Crippen molar-refractivity contribution in [3.63, 3.8) is 0 Å². The Balaban J connectivity index is 2.95. The van der Waals surface area contributed by atoms with Gasteiger partial charge in [0, 0.05) is 25.3 Å². The van der Waals surface area contributed by atoms with Crippen molar-refractivity contribution in [3.8, 4) is 11.5 Å². The van der Waals surface area contributed by atoms with Gasteiger partial charge in [-0.1, -0.05) is 0 Å². The van der Waals surface area contributed by atoms with Crippen LogP contribution in [0.4, 0.5) is 5.69 Å². The van der Waals surface area contributed by atoms with Crippen LogP contribution in [0.15, 0.2) is 23.2 Å². The highest BCUT2D eigenvalue weighted by Gasteiger charge is 2.26. The van der Waals surface area contributed by atoms with E-state index in [0.717, 1.165) is 5.69 Å². The molecule has 0 aromatic heterocycles. The van der Waals surface area contributed by atoms with E-state index in [2.05, 4.69) is 20.9 Å². The molecule has 140 valence electrons. The summed E-state index contributed by atoms with van der Waals surface area (Å²) in [4.78, 5) is 16.4. The number of nitrogens with zero attached hydrogens (tertiary/aromatic N) is 1. The lowest BCUT2D eigenvalue weighted by molar-refractivity contribution is -0.128. The number of hydrogen-bond donors (Lipinski definition) is 3. The Hall–Kier alpha value is -2.44. The molecule has 0 atom stereocenters. The summed E-state index contributed by atoms with van der Waals surface area (Å²) in [7, 11) is 3.24. The molecule has 25 heavy (non-hydrogen) atoms. The normalized spacial score (nSPS) is 11.7. The van der Waals surface area contributed by atoms with Crippen molar-refractivity contribution in [2.24, 2.45) is 10.4 Å². The smallest absolute Gasteiger partial charge is 0.227 e. The fraction of sp³-hybridized carbons (Fsp3) is 0.556. The minimum absolute atomic E-state index is 0.0461. The molecule has 1 aromatic rings. The number of carbonyl (C=O) groups is 1. The Kier molecular flexibility index (Phi) is 8.04. The number of methoxy groups -OCH3 is 1. The SMILES string of the molecule is CCNC(=NCC(C)(C)C(=O)NC)Nc1ccc(OC)c(OCC)c1. The van der Waals surface area contributed by atoms with Crippen molar-refractivity contribution >= 4 is 17.6 Å². The molecule has 0 unspecified atom stereocenters. The molecule has 1 rings (SSSR count). The van der Waals surface area contributed by atoms with Crippen LogP contribution in [0, 0.1) is 5.41 Å². The summed E-state index contributed by atoms with van der Waals surface area (Å²) in [6.07, 6.45) is 0. The zero-order valence-corrected chi connectivity index (χ0v) is 16.0. The maximum absolute atomic E-state index is 11.9. The van der Waals surface area contributed by atoms with E-state index in [1.165, 1.54) is 0 Å². The van der Waals surface area contributed by atoms with E-state index in [1.54, 1.807) is 14.2 Å². The van der Waals surface area contributed by atoms with Gasteiger partial charge >= 0.3 is 0 Å². The van der Waals surface area contributed by atoms with Crippen LogP contribution in [0.3, 0.4) is 0 Å². The van der Waals surface area contributed by atoms with Crippen molar-refractivity contribution < 1.29 is 14.3 Å². The topological polar surface area (TPSA) is 84.0 Å². The largest absolute Gasteiger partial charge is 0.493 e. The van der Waals surface area contributed by atoms with Gasteiger partial charge in [0.2, 0.25) is 5.91 Å². The van der Waals surface area contributed by atoms with Gasteiger partial charge < -0.3 is 25.4 Å². The van der Waals surface area contributed by atoms with E-state index in [9.17, 15) is 4.79 Å². The minimum Gasteiger partial charge on any atom is -0.493 e. The first-order valence-corrected chi connectivity index (χ1v) is 8.46. The Morgan fingerprint density at radius 2 is 1.96 bits per heavy atom. The van der Waals surface area contributed by atoms with Gasteiger partial charge in [-0.05, 0) is 39.8 Å². The fourth-order valence-electron chi connectivity index (χ4n) is 2.15. The fourth-order valence-corrected chi connectivity index (χ4v) is 2.15. The zero-order chi connectivity index (χ0) is 18.9. The third-order valence-corrected chi connectivity index (χ3v) is 3.54. The van der Waals surface area contributed by atoms with E-state index in [1.807, 2.05) is 45.9 Å². The second-order valence-electron chi connectivity index (χ2n) is 6.08. The average Bonchev–Trinajstić information content (AvgIpc) is 2.59. The van der Waals surface area contributed by atoms with Gasteiger partial charge in [0.1, 0.15) is 0 Å². The number of amides is 1. The number of rotatable bonds is 8.